The van der Waals surface area contributed by atoms with Crippen LogP contribution in [0, 0.1) is 17.0 Å². The number of aryl methyl sites for hydroxylation is 1. The second-order valence-corrected chi connectivity index (χ2v) is 6.51. The molecule has 1 aromatic carbocycles. The Morgan fingerprint density at radius 1 is 1.39 bits per heavy atom. The lowest BCUT2D eigenvalue weighted by Crippen LogP contribution is -2.42. The Bertz CT molecular complexity index is 861. The first kappa shape index (κ1) is 19.5. The van der Waals surface area contributed by atoms with Crippen molar-refractivity contribution >= 4 is 23.3 Å². The van der Waals surface area contributed by atoms with E-state index in [1.54, 1.807) is 6.92 Å². The summed E-state index contributed by atoms with van der Waals surface area (Å²) in [6.45, 7) is 2.18. The Balaban J connectivity index is 1.78. The second kappa shape index (κ2) is 8.61. The molecule has 0 radical (unpaired) electrons. The minimum Gasteiger partial charge on any atom is -0.376 e. The van der Waals surface area contributed by atoms with Crippen molar-refractivity contribution in [1.82, 2.24) is 10.1 Å². The van der Waals surface area contributed by atoms with Crippen LogP contribution < -0.4 is 5.32 Å². The standard InChI is InChI=1S/C18H20N4O6/c1-12-4-5-13(9-15(12)22(25)26)18(24)21(10-14-3-2-7-27-14)11-17(23)19-16-6-8-28-20-16/h4-6,8-9,14H,2-3,7,10-11H2,1H3,(H,19,20,23). The predicted molar refractivity (Wildman–Crippen MR) is 97.8 cm³/mol. The molecule has 148 valence electrons. The molecule has 10 heteroatoms. The molecule has 1 atom stereocenters. The van der Waals surface area contributed by atoms with Gasteiger partial charge in [-0.1, -0.05) is 11.2 Å². The maximum atomic E-state index is 13.0. The van der Waals surface area contributed by atoms with Crippen molar-refractivity contribution in [3.05, 3.63) is 51.8 Å². The maximum absolute atomic E-state index is 13.0. The summed E-state index contributed by atoms with van der Waals surface area (Å²) in [7, 11) is 0. The zero-order valence-electron chi connectivity index (χ0n) is 15.3. The number of ether oxygens (including phenoxy) is 1. The fourth-order valence-corrected chi connectivity index (χ4v) is 3.01. The van der Waals surface area contributed by atoms with Crippen LogP contribution >= 0.6 is 0 Å². The highest BCUT2D eigenvalue weighted by Crippen LogP contribution is 2.21. The molecule has 0 aliphatic carbocycles. The van der Waals surface area contributed by atoms with Gasteiger partial charge >= 0.3 is 0 Å². The molecular weight excluding hydrogens is 368 g/mol. The smallest absolute Gasteiger partial charge is 0.273 e. The van der Waals surface area contributed by atoms with Crippen LogP contribution in [-0.4, -0.2) is 52.6 Å². The van der Waals surface area contributed by atoms with Crippen LogP contribution in [0.5, 0.6) is 0 Å². The average Bonchev–Trinajstić information content (AvgIpc) is 3.35. The lowest BCUT2D eigenvalue weighted by atomic mass is 10.1. The molecule has 28 heavy (non-hydrogen) atoms. The number of amides is 2. The van der Waals surface area contributed by atoms with Crippen molar-refractivity contribution in [2.45, 2.75) is 25.9 Å². The molecule has 1 aliphatic rings. The monoisotopic (exact) mass is 388 g/mol. The summed E-state index contributed by atoms with van der Waals surface area (Å²) >= 11 is 0. The van der Waals surface area contributed by atoms with Gasteiger partial charge in [0.15, 0.2) is 5.82 Å². The summed E-state index contributed by atoms with van der Waals surface area (Å²) < 4.78 is 10.2. The SMILES string of the molecule is Cc1ccc(C(=O)N(CC(=O)Nc2ccon2)CC2CCCO2)cc1[N+](=O)[O-]. The molecule has 1 N–H and O–H groups in total. The number of hydrogen-bond donors (Lipinski definition) is 1. The Morgan fingerprint density at radius 3 is 2.86 bits per heavy atom. The molecule has 0 saturated carbocycles. The van der Waals surface area contributed by atoms with E-state index in [0.717, 1.165) is 12.8 Å². The van der Waals surface area contributed by atoms with Crippen molar-refractivity contribution < 1.29 is 23.8 Å². The average molecular weight is 388 g/mol. The fraction of sp³-hybridized carbons (Fsp3) is 0.389. The first-order valence-electron chi connectivity index (χ1n) is 8.80. The molecule has 1 aliphatic heterocycles. The number of anilines is 1. The summed E-state index contributed by atoms with van der Waals surface area (Å²) in [5.74, 6) is -0.698. The van der Waals surface area contributed by atoms with Gasteiger partial charge in [0.2, 0.25) is 5.91 Å². The number of nitro groups is 1. The largest absolute Gasteiger partial charge is 0.376 e. The van der Waals surface area contributed by atoms with E-state index in [-0.39, 0.29) is 36.3 Å². The van der Waals surface area contributed by atoms with Crippen molar-refractivity contribution in [2.24, 2.45) is 0 Å². The second-order valence-electron chi connectivity index (χ2n) is 6.51. The third-order valence-corrected chi connectivity index (χ3v) is 4.43. The Kier molecular flexibility index (Phi) is 5.99. The molecule has 1 unspecified atom stereocenters. The number of rotatable bonds is 7. The molecule has 1 aromatic heterocycles. The van der Waals surface area contributed by atoms with E-state index in [9.17, 15) is 19.7 Å². The number of hydrogen-bond acceptors (Lipinski definition) is 7. The number of benzene rings is 1. The van der Waals surface area contributed by atoms with Gasteiger partial charge < -0.3 is 19.5 Å². The maximum Gasteiger partial charge on any atom is 0.273 e. The summed E-state index contributed by atoms with van der Waals surface area (Å²) in [6, 6.07) is 5.75. The van der Waals surface area contributed by atoms with Gasteiger partial charge in [-0.2, -0.15) is 0 Å². The third kappa shape index (κ3) is 4.71. The summed E-state index contributed by atoms with van der Waals surface area (Å²) in [6.07, 6.45) is 2.80. The molecule has 1 fully saturated rings. The molecule has 2 aromatic rings. The lowest BCUT2D eigenvalue weighted by molar-refractivity contribution is -0.385. The number of aromatic nitrogens is 1. The van der Waals surface area contributed by atoms with Crippen LogP contribution in [-0.2, 0) is 9.53 Å². The van der Waals surface area contributed by atoms with Gasteiger partial charge in [0.1, 0.15) is 12.8 Å². The lowest BCUT2D eigenvalue weighted by Gasteiger charge is -2.25. The zero-order chi connectivity index (χ0) is 20.1. The molecule has 0 spiro atoms. The van der Waals surface area contributed by atoms with Crippen molar-refractivity contribution in [3.8, 4) is 0 Å². The van der Waals surface area contributed by atoms with Gasteiger partial charge in [-0.05, 0) is 25.8 Å². The van der Waals surface area contributed by atoms with Crippen LogP contribution in [0.4, 0.5) is 11.5 Å². The van der Waals surface area contributed by atoms with E-state index >= 15 is 0 Å². The Morgan fingerprint density at radius 2 is 2.21 bits per heavy atom. The molecule has 3 rings (SSSR count). The van der Waals surface area contributed by atoms with E-state index in [1.807, 2.05) is 0 Å². The third-order valence-electron chi connectivity index (χ3n) is 4.43. The summed E-state index contributed by atoms with van der Waals surface area (Å²) in [5, 5.41) is 17.3. The first-order chi connectivity index (χ1) is 13.4. The number of nitrogens with one attached hydrogen (secondary N) is 1. The van der Waals surface area contributed by atoms with Gasteiger partial charge in [-0.25, -0.2) is 0 Å². The van der Waals surface area contributed by atoms with Gasteiger partial charge in [-0.15, -0.1) is 0 Å². The van der Waals surface area contributed by atoms with Crippen LogP contribution in [0.3, 0.4) is 0 Å². The molecule has 10 nitrogen and oxygen atoms in total. The van der Waals surface area contributed by atoms with Crippen LogP contribution in [0.1, 0.15) is 28.8 Å². The highest BCUT2D eigenvalue weighted by atomic mass is 16.6. The van der Waals surface area contributed by atoms with Crippen molar-refractivity contribution in [3.63, 3.8) is 0 Å². The summed E-state index contributed by atoms with van der Waals surface area (Å²) in [5.41, 5.74) is 0.454. The fourth-order valence-electron chi connectivity index (χ4n) is 3.01. The predicted octanol–water partition coefficient (Wildman–Crippen LogP) is 2.15. The topological polar surface area (TPSA) is 128 Å². The Labute approximate surface area is 160 Å². The summed E-state index contributed by atoms with van der Waals surface area (Å²) in [4.78, 5) is 37.3. The highest BCUT2D eigenvalue weighted by Gasteiger charge is 2.26. The van der Waals surface area contributed by atoms with E-state index in [1.165, 1.54) is 35.4 Å². The van der Waals surface area contributed by atoms with Crippen LogP contribution in [0.2, 0.25) is 0 Å². The van der Waals surface area contributed by atoms with E-state index < -0.39 is 16.7 Å². The van der Waals surface area contributed by atoms with Gasteiger partial charge in [0, 0.05) is 36.4 Å². The van der Waals surface area contributed by atoms with Crippen molar-refractivity contribution in [2.75, 3.05) is 25.0 Å². The van der Waals surface area contributed by atoms with E-state index in [0.29, 0.717) is 12.2 Å². The zero-order valence-corrected chi connectivity index (χ0v) is 15.3. The normalized spacial score (nSPS) is 16.0. The minimum absolute atomic E-state index is 0.143. The van der Waals surface area contributed by atoms with Gasteiger partial charge in [0.05, 0.1) is 11.0 Å². The molecule has 1 saturated heterocycles. The first-order valence-corrected chi connectivity index (χ1v) is 8.80. The minimum atomic E-state index is -0.534. The Hall–Kier alpha value is -3.27. The number of nitrogens with zero attached hydrogens (tertiary/aromatic N) is 3. The number of nitro benzene ring substituents is 1. The molecule has 2 amide bonds. The van der Waals surface area contributed by atoms with Crippen molar-refractivity contribution in [1.29, 1.82) is 0 Å². The molecular formula is C18H20N4O6. The van der Waals surface area contributed by atoms with E-state index in [4.69, 9.17) is 4.74 Å². The molecule has 0 bridgehead atoms. The number of carbonyl (C=O) groups excluding carboxylic acids is 2. The quantitative estimate of drug-likeness (QED) is 0.568. The number of carbonyl (C=O) groups is 2. The van der Waals surface area contributed by atoms with Crippen LogP contribution in [0.15, 0.2) is 35.1 Å². The molecule has 2 heterocycles. The highest BCUT2D eigenvalue weighted by molar-refractivity contribution is 5.99. The van der Waals surface area contributed by atoms with Gasteiger partial charge in [-0.3, -0.25) is 19.7 Å². The van der Waals surface area contributed by atoms with Crippen LogP contribution in [0.25, 0.3) is 0 Å². The van der Waals surface area contributed by atoms with Gasteiger partial charge in [0.25, 0.3) is 11.6 Å². The van der Waals surface area contributed by atoms with E-state index in [2.05, 4.69) is 15.0 Å².